The van der Waals surface area contributed by atoms with E-state index in [0.29, 0.717) is 0 Å². The van der Waals surface area contributed by atoms with Crippen molar-refractivity contribution >= 4 is 5.69 Å². The second-order valence-electron chi connectivity index (χ2n) is 4.34. The fourth-order valence-electron chi connectivity index (χ4n) is 2.27. The van der Waals surface area contributed by atoms with Crippen LogP contribution in [0.5, 0.6) is 0 Å². The zero-order valence-corrected chi connectivity index (χ0v) is 9.83. The standard InChI is InChI=1S/C14H16N2/c1-11-5-4-8-16(10-11)14-12(2)6-3-7-13(14)9-15/h3,5-7H,4,8,10H2,1-2H3. The SMILES string of the molecule is CC1=CCCN(c2c(C)cccc2C#N)C1. The normalized spacial score (nSPS) is 15.6. The van der Waals surface area contributed by atoms with E-state index in [1.165, 1.54) is 11.1 Å². The molecule has 2 nitrogen and oxygen atoms in total. The molecule has 1 heterocycles. The molecule has 1 aromatic carbocycles. The van der Waals surface area contributed by atoms with Gasteiger partial charge in [0, 0.05) is 13.1 Å². The zero-order valence-electron chi connectivity index (χ0n) is 9.83. The quantitative estimate of drug-likeness (QED) is 0.669. The average molecular weight is 212 g/mol. The van der Waals surface area contributed by atoms with Crippen LogP contribution in [0.1, 0.15) is 24.5 Å². The van der Waals surface area contributed by atoms with Crippen molar-refractivity contribution < 1.29 is 0 Å². The Morgan fingerprint density at radius 2 is 2.12 bits per heavy atom. The van der Waals surface area contributed by atoms with Crippen LogP contribution in [0.15, 0.2) is 29.8 Å². The molecule has 2 heteroatoms. The van der Waals surface area contributed by atoms with Crippen LogP contribution >= 0.6 is 0 Å². The van der Waals surface area contributed by atoms with Gasteiger partial charge in [0.25, 0.3) is 0 Å². The molecule has 0 bridgehead atoms. The summed E-state index contributed by atoms with van der Waals surface area (Å²) in [7, 11) is 0. The molecule has 0 fully saturated rings. The fourth-order valence-corrected chi connectivity index (χ4v) is 2.27. The van der Waals surface area contributed by atoms with Gasteiger partial charge < -0.3 is 4.90 Å². The smallest absolute Gasteiger partial charge is 0.101 e. The molecule has 0 amide bonds. The zero-order chi connectivity index (χ0) is 11.5. The van der Waals surface area contributed by atoms with Crippen molar-refractivity contribution in [2.45, 2.75) is 20.3 Å². The summed E-state index contributed by atoms with van der Waals surface area (Å²) < 4.78 is 0. The molecule has 0 atom stereocenters. The van der Waals surface area contributed by atoms with Crippen LogP contribution in [-0.2, 0) is 0 Å². The van der Waals surface area contributed by atoms with Gasteiger partial charge in [-0.2, -0.15) is 5.26 Å². The molecule has 0 saturated heterocycles. The second kappa shape index (κ2) is 4.40. The highest BCUT2D eigenvalue weighted by atomic mass is 15.1. The topological polar surface area (TPSA) is 27.0 Å². The molecule has 0 spiro atoms. The molecule has 0 aromatic heterocycles. The number of nitrogens with zero attached hydrogens (tertiary/aromatic N) is 2. The van der Waals surface area contributed by atoms with Crippen LogP contribution in [0.3, 0.4) is 0 Å². The fraction of sp³-hybridized carbons (Fsp3) is 0.357. The molecule has 16 heavy (non-hydrogen) atoms. The lowest BCUT2D eigenvalue weighted by Crippen LogP contribution is -2.30. The highest BCUT2D eigenvalue weighted by Gasteiger charge is 2.15. The molecule has 0 saturated carbocycles. The van der Waals surface area contributed by atoms with Crippen molar-refractivity contribution in [3.05, 3.63) is 41.0 Å². The van der Waals surface area contributed by atoms with Gasteiger partial charge in [-0.05, 0) is 31.9 Å². The largest absolute Gasteiger partial charge is 0.366 e. The highest BCUT2D eigenvalue weighted by Crippen LogP contribution is 2.27. The lowest BCUT2D eigenvalue weighted by atomic mass is 10.0. The maximum absolute atomic E-state index is 9.15. The summed E-state index contributed by atoms with van der Waals surface area (Å²) in [5, 5.41) is 9.15. The van der Waals surface area contributed by atoms with E-state index in [-0.39, 0.29) is 0 Å². The van der Waals surface area contributed by atoms with E-state index in [2.05, 4.69) is 37.0 Å². The second-order valence-corrected chi connectivity index (χ2v) is 4.34. The first-order valence-electron chi connectivity index (χ1n) is 5.62. The summed E-state index contributed by atoms with van der Waals surface area (Å²) in [6.07, 6.45) is 3.35. The Bertz CT molecular complexity index is 466. The minimum atomic E-state index is 0.787. The number of benzene rings is 1. The van der Waals surface area contributed by atoms with Crippen LogP contribution in [-0.4, -0.2) is 13.1 Å². The third-order valence-electron chi connectivity index (χ3n) is 3.01. The molecule has 0 unspecified atom stereocenters. The minimum absolute atomic E-state index is 0.787. The van der Waals surface area contributed by atoms with Gasteiger partial charge in [-0.3, -0.25) is 0 Å². The van der Waals surface area contributed by atoms with Crippen molar-refractivity contribution in [1.29, 1.82) is 5.26 Å². The monoisotopic (exact) mass is 212 g/mol. The first kappa shape index (κ1) is 10.8. The van der Waals surface area contributed by atoms with Gasteiger partial charge in [0.1, 0.15) is 6.07 Å². The van der Waals surface area contributed by atoms with E-state index in [4.69, 9.17) is 5.26 Å². The molecule has 0 radical (unpaired) electrons. The maximum atomic E-state index is 9.15. The molecule has 2 rings (SSSR count). The summed E-state index contributed by atoms with van der Waals surface area (Å²) in [6.45, 7) is 6.18. The molecule has 0 aliphatic carbocycles. The Morgan fingerprint density at radius 1 is 1.31 bits per heavy atom. The Kier molecular flexibility index (Phi) is 2.96. The third kappa shape index (κ3) is 1.94. The van der Waals surface area contributed by atoms with Crippen LogP contribution in [0, 0.1) is 18.3 Å². The van der Waals surface area contributed by atoms with Gasteiger partial charge in [-0.1, -0.05) is 23.8 Å². The number of hydrogen-bond acceptors (Lipinski definition) is 2. The predicted molar refractivity (Wildman–Crippen MR) is 66.5 cm³/mol. The van der Waals surface area contributed by atoms with E-state index < -0.39 is 0 Å². The Hall–Kier alpha value is -1.75. The molecule has 1 aliphatic heterocycles. The van der Waals surface area contributed by atoms with Crippen molar-refractivity contribution in [2.24, 2.45) is 0 Å². The van der Waals surface area contributed by atoms with Gasteiger partial charge in [-0.15, -0.1) is 0 Å². The maximum Gasteiger partial charge on any atom is 0.101 e. The summed E-state index contributed by atoms with van der Waals surface area (Å²) >= 11 is 0. The van der Waals surface area contributed by atoms with Gasteiger partial charge >= 0.3 is 0 Å². The van der Waals surface area contributed by atoms with Crippen molar-refractivity contribution in [2.75, 3.05) is 18.0 Å². The van der Waals surface area contributed by atoms with Gasteiger partial charge in [-0.25, -0.2) is 0 Å². The molecular weight excluding hydrogens is 196 g/mol. The van der Waals surface area contributed by atoms with E-state index in [9.17, 15) is 0 Å². The highest BCUT2D eigenvalue weighted by molar-refractivity contribution is 5.64. The number of hydrogen-bond donors (Lipinski definition) is 0. The molecule has 1 aromatic rings. The summed E-state index contributed by atoms with van der Waals surface area (Å²) in [4.78, 5) is 2.31. The van der Waals surface area contributed by atoms with Gasteiger partial charge in [0.15, 0.2) is 0 Å². The lowest BCUT2D eigenvalue weighted by Gasteiger charge is -2.30. The summed E-state index contributed by atoms with van der Waals surface area (Å²) in [5.74, 6) is 0. The van der Waals surface area contributed by atoms with Crippen LogP contribution < -0.4 is 4.90 Å². The molecular formula is C14H16N2. The number of anilines is 1. The van der Waals surface area contributed by atoms with Gasteiger partial charge in [0.05, 0.1) is 11.3 Å². The first-order chi connectivity index (χ1) is 7.72. The number of rotatable bonds is 1. The molecule has 1 aliphatic rings. The van der Waals surface area contributed by atoms with Crippen LogP contribution in [0.2, 0.25) is 0 Å². The number of para-hydroxylation sites is 1. The Balaban J connectivity index is 2.41. The van der Waals surface area contributed by atoms with Crippen molar-refractivity contribution in [3.8, 4) is 6.07 Å². The third-order valence-corrected chi connectivity index (χ3v) is 3.01. The molecule has 82 valence electrons. The summed E-state index contributed by atoms with van der Waals surface area (Å²) in [6, 6.07) is 8.21. The lowest BCUT2D eigenvalue weighted by molar-refractivity contribution is 0.787. The van der Waals surface area contributed by atoms with Crippen LogP contribution in [0.25, 0.3) is 0 Å². The van der Waals surface area contributed by atoms with E-state index in [0.717, 1.165) is 30.8 Å². The summed E-state index contributed by atoms with van der Waals surface area (Å²) in [5.41, 5.74) is 4.47. The first-order valence-corrected chi connectivity index (χ1v) is 5.62. The number of aryl methyl sites for hydroxylation is 1. The average Bonchev–Trinajstić information content (AvgIpc) is 2.28. The van der Waals surface area contributed by atoms with Crippen molar-refractivity contribution in [1.82, 2.24) is 0 Å². The van der Waals surface area contributed by atoms with Crippen molar-refractivity contribution in [3.63, 3.8) is 0 Å². The number of nitriles is 1. The van der Waals surface area contributed by atoms with E-state index >= 15 is 0 Å². The van der Waals surface area contributed by atoms with E-state index in [1.54, 1.807) is 0 Å². The van der Waals surface area contributed by atoms with E-state index in [1.807, 2.05) is 12.1 Å². The Morgan fingerprint density at radius 3 is 2.81 bits per heavy atom. The van der Waals surface area contributed by atoms with Gasteiger partial charge in [0.2, 0.25) is 0 Å². The predicted octanol–water partition coefficient (Wildman–Crippen LogP) is 3.02. The van der Waals surface area contributed by atoms with Crippen LogP contribution in [0.4, 0.5) is 5.69 Å². The Labute approximate surface area is 96.8 Å². The molecule has 0 N–H and O–H groups in total. The minimum Gasteiger partial charge on any atom is -0.366 e.